The molecule has 0 saturated carbocycles. The van der Waals surface area contributed by atoms with E-state index in [4.69, 9.17) is 0 Å². The summed E-state index contributed by atoms with van der Waals surface area (Å²) in [5.41, 5.74) is 0. The van der Waals surface area contributed by atoms with Crippen LogP contribution in [0.4, 0.5) is 0 Å². The number of hydrogen-bond acceptors (Lipinski definition) is 1. The first-order chi connectivity index (χ1) is 2.27. The summed E-state index contributed by atoms with van der Waals surface area (Å²) in [6, 6.07) is 0. The van der Waals surface area contributed by atoms with Gasteiger partial charge in [0.15, 0.2) is 0 Å². The van der Waals surface area contributed by atoms with Crippen molar-refractivity contribution in [2.45, 2.75) is 11.1 Å². The van der Waals surface area contributed by atoms with Crippen molar-refractivity contribution in [1.29, 1.82) is 0 Å². The zero-order valence-corrected chi connectivity index (χ0v) is 5.17. The molecule has 1 unspecified atom stereocenters. The van der Waals surface area contributed by atoms with E-state index < -0.39 is 0 Å². The van der Waals surface area contributed by atoms with E-state index in [1.165, 1.54) is 0 Å². The third kappa shape index (κ3) is 4.50. The van der Waals surface area contributed by atoms with E-state index in [1.807, 2.05) is 0 Å². The second-order valence-corrected chi connectivity index (χ2v) is 3.52. The largest absolute Gasteiger partial charge is 0.473 e. The lowest BCUT2D eigenvalue weighted by Crippen LogP contribution is -1.78. The molecule has 30 valence electrons. The van der Waals surface area contributed by atoms with Crippen molar-refractivity contribution in [2.24, 2.45) is 0 Å². The van der Waals surface area contributed by atoms with Gasteiger partial charge in [0.25, 0.3) is 4.16 Å². The molecule has 0 aromatic carbocycles. The Morgan fingerprint density at radius 1 is 2.00 bits per heavy atom. The first-order valence-corrected chi connectivity index (χ1v) is 2.92. The fourth-order valence-corrected chi connectivity index (χ4v) is 0. The van der Waals surface area contributed by atoms with Crippen LogP contribution in [0.5, 0.6) is 0 Å². The van der Waals surface area contributed by atoms with Crippen molar-refractivity contribution < 1.29 is 4.21 Å². The van der Waals surface area contributed by atoms with Crippen molar-refractivity contribution in [3.05, 3.63) is 0 Å². The summed E-state index contributed by atoms with van der Waals surface area (Å²) < 4.78 is 9.56. The minimum atomic E-state index is 0.0579. The van der Waals surface area contributed by atoms with E-state index in [9.17, 15) is 4.21 Å². The van der Waals surface area contributed by atoms with Gasteiger partial charge in [-0.1, -0.05) is 0 Å². The third-order valence-electron chi connectivity index (χ3n) is 0.133. The molecule has 0 amide bonds. The molecular weight excluding hydrogens is 152 g/mol. The van der Waals surface area contributed by atoms with Gasteiger partial charge in [-0.2, -0.15) is 0 Å². The summed E-state index contributed by atoms with van der Waals surface area (Å²) in [6.07, 6.45) is 0. The van der Waals surface area contributed by atoms with Crippen LogP contribution in [0.2, 0.25) is 0 Å². The average Bonchev–Trinajstić information content (AvgIpc) is 1.38. The molecular formula is C2H4BrOS+. The maximum atomic E-state index is 9.50. The minimum Gasteiger partial charge on any atom is -0.0130 e. The van der Waals surface area contributed by atoms with E-state index >= 15 is 0 Å². The van der Waals surface area contributed by atoms with Crippen LogP contribution in [0, 0.1) is 0 Å². The van der Waals surface area contributed by atoms with Crippen LogP contribution in [0.3, 0.4) is 0 Å². The van der Waals surface area contributed by atoms with Crippen molar-refractivity contribution >= 4 is 27.6 Å². The lowest BCUT2D eigenvalue weighted by atomic mass is 11.0. The Hall–Kier alpha value is 0.500. The molecule has 0 radical (unpaired) electrons. The molecule has 0 aromatic heterocycles. The van der Waals surface area contributed by atoms with Crippen molar-refractivity contribution in [3.63, 3.8) is 0 Å². The van der Waals surface area contributed by atoms with Crippen LogP contribution >= 0.6 is 15.9 Å². The Morgan fingerprint density at radius 2 is 2.20 bits per heavy atom. The maximum absolute atomic E-state index is 9.50. The van der Waals surface area contributed by atoms with Crippen LogP contribution in [-0.2, 0) is 15.9 Å². The van der Waals surface area contributed by atoms with Gasteiger partial charge in [0.1, 0.15) is 0 Å². The van der Waals surface area contributed by atoms with Gasteiger partial charge in [-0.15, -0.1) is 0 Å². The second-order valence-electron chi connectivity index (χ2n) is 0.639. The molecule has 0 heterocycles. The molecule has 0 fully saturated rings. The number of alkyl halides is 1. The SMILES string of the molecule is CC(Br)[S+]=O. The molecule has 0 aliphatic carbocycles. The molecule has 5 heavy (non-hydrogen) atoms. The molecule has 0 saturated heterocycles. The summed E-state index contributed by atoms with van der Waals surface area (Å²) >= 11 is 3.57. The second kappa shape index (κ2) is 2.72. The Bertz CT molecular complexity index is 36.6. The van der Waals surface area contributed by atoms with E-state index in [0.29, 0.717) is 11.7 Å². The predicted molar refractivity (Wildman–Crippen MR) is 26.4 cm³/mol. The van der Waals surface area contributed by atoms with E-state index in [1.54, 1.807) is 6.92 Å². The average molecular weight is 156 g/mol. The van der Waals surface area contributed by atoms with E-state index in [0.717, 1.165) is 0 Å². The Labute approximate surface area is 43.4 Å². The summed E-state index contributed by atoms with van der Waals surface area (Å²) in [7, 11) is 0. The normalized spacial score (nSPS) is 14.0. The topological polar surface area (TPSA) is 17.1 Å². The molecule has 0 bridgehead atoms. The molecule has 0 aromatic rings. The number of halogens is 1. The van der Waals surface area contributed by atoms with Crippen molar-refractivity contribution in [1.82, 2.24) is 0 Å². The Kier molecular flexibility index (Phi) is 2.99. The highest BCUT2D eigenvalue weighted by atomic mass is 79.9. The van der Waals surface area contributed by atoms with E-state index in [-0.39, 0.29) is 4.16 Å². The van der Waals surface area contributed by atoms with Gasteiger partial charge >= 0.3 is 11.7 Å². The zero-order chi connectivity index (χ0) is 4.28. The van der Waals surface area contributed by atoms with E-state index in [2.05, 4.69) is 15.9 Å². The zero-order valence-electron chi connectivity index (χ0n) is 2.77. The smallest absolute Gasteiger partial charge is 0.0130 e. The van der Waals surface area contributed by atoms with Gasteiger partial charge in [0.2, 0.25) is 0 Å². The monoisotopic (exact) mass is 155 g/mol. The quantitative estimate of drug-likeness (QED) is 0.411. The van der Waals surface area contributed by atoms with Gasteiger partial charge in [0.05, 0.1) is 0 Å². The van der Waals surface area contributed by atoms with Gasteiger partial charge in [0, 0.05) is 11.1 Å². The Balaban J connectivity index is 2.83. The summed E-state index contributed by atoms with van der Waals surface area (Å²) in [5.74, 6) is 0. The molecule has 0 aliphatic rings. The molecule has 0 rings (SSSR count). The molecule has 3 heteroatoms. The van der Waals surface area contributed by atoms with Crippen LogP contribution in [-0.4, -0.2) is 4.16 Å². The van der Waals surface area contributed by atoms with Crippen LogP contribution < -0.4 is 0 Å². The summed E-state index contributed by atoms with van der Waals surface area (Å²) in [4.78, 5) is 0. The van der Waals surface area contributed by atoms with Crippen molar-refractivity contribution in [2.75, 3.05) is 0 Å². The number of rotatable bonds is 1. The first-order valence-electron chi connectivity index (χ1n) is 1.20. The number of hydrogen-bond donors (Lipinski definition) is 0. The molecule has 1 atom stereocenters. The highest BCUT2D eigenvalue weighted by molar-refractivity contribution is 9.10. The molecule has 0 aliphatic heterocycles. The van der Waals surface area contributed by atoms with Gasteiger partial charge in [-0.3, -0.25) is 0 Å². The molecule has 0 N–H and O–H groups in total. The third-order valence-corrected chi connectivity index (χ3v) is 0.856. The van der Waals surface area contributed by atoms with Crippen LogP contribution in [0.15, 0.2) is 0 Å². The lowest BCUT2D eigenvalue weighted by molar-refractivity contribution is 0.604. The minimum absolute atomic E-state index is 0.0579. The molecule has 0 spiro atoms. The fraction of sp³-hybridized carbons (Fsp3) is 1.00. The molecule has 1 nitrogen and oxygen atoms in total. The highest BCUT2D eigenvalue weighted by Gasteiger charge is 2.03. The summed E-state index contributed by atoms with van der Waals surface area (Å²) in [5, 5.41) is 0. The highest BCUT2D eigenvalue weighted by Crippen LogP contribution is 1.91. The maximum Gasteiger partial charge on any atom is 0.473 e. The van der Waals surface area contributed by atoms with Crippen LogP contribution in [0.1, 0.15) is 6.92 Å². The summed E-state index contributed by atoms with van der Waals surface area (Å²) in [6.45, 7) is 1.79. The van der Waals surface area contributed by atoms with Gasteiger partial charge in [-0.25, -0.2) is 0 Å². The van der Waals surface area contributed by atoms with Gasteiger partial charge in [-0.05, 0) is 15.9 Å². The van der Waals surface area contributed by atoms with Crippen LogP contribution in [0.25, 0.3) is 0 Å². The van der Waals surface area contributed by atoms with Crippen molar-refractivity contribution in [3.8, 4) is 0 Å². The fourth-order valence-electron chi connectivity index (χ4n) is 0. The Morgan fingerprint density at radius 3 is 2.20 bits per heavy atom. The predicted octanol–water partition coefficient (Wildman–Crippen LogP) is 1.16. The standard InChI is InChI=1S/C2H4BrOS/c1-2(3)5-4/h2H,1H3/q+1. The lowest BCUT2D eigenvalue weighted by Gasteiger charge is -1.57. The van der Waals surface area contributed by atoms with Gasteiger partial charge < -0.3 is 0 Å². The first kappa shape index (κ1) is 5.50.